The minimum absolute atomic E-state index is 0.867. The van der Waals surface area contributed by atoms with Crippen molar-refractivity contribution in [2.24, 2.45) is 0 Å². The van der Waals surface area contributed by atoms with Crippen LogP contribution in [0.25, 0.3) is 44.7 Å². The van der Waals surface area contributed by atoms with E-state index in [2.05, 4.69) is 59.6 Å². The molecule has 0 radical (unpaired) electrons. The van der Waals surface area contributed by atoms with Crippen LogP contribution >= 0.6 is 0 Å². The largest absolute Gasteiger partial charge is 0.456 e. The van der Waals surface area contributed by atoms with Gasteiger partial charge in [0.2, 0.25) is 0 Å². The molecule has 0 fully saturated rings. The molecule has 0 aliphatic rings. The Kier molecular flexibility index (Phi) is 3.80. The van der Waals surface area contributed by atoms with Crippen LogP contribution in [0.3, 0.4) is 0 Å². The van der Waals surface area contributed by atoms with E-state index in [9.17, 15) is 0 Å². The summed E-state index contributed by atoms with van der Waals surface area (Å²) >= 11 is 0. The molecule has 0 aliphatic heterocycles. The molecule has 0 saturated heterocycles. The molecule has 0 bridgehead atoms. The molecule has 0 amide bonds. The molecule has 0 spiro atoms. The lowest BCUT2D eigenvalue weighted by atomic mass is 10.0. The number of benzene rings is 3. The third-order valence-corrected chi connectivity index (χ3v) is 4.75. The molecule has 2 heteroatoms. The Morgan fingerprint density at radius 1 is 0.593 bits per heavy atom. The summed E-state index contributed by atoms with van der Waals surface area (Å²) < 4.78 is 6.19. The number of hydrogen-bond donors (Lipinski definition) is 0. The summed E-state index contributed by atoms with van der Waals surface area (Å²) in [7, 11) is 0. The van der Waals surface area contributed by atoms with Crippen LogP contribution in [-0.4, -0.2) is 4.98 Å². The molecule has 0 unspecified atom stereocenters. The van der Waals surface area contributed by atoms with Crippen molar-refractivity contribution in [1.82, 2.24) is 4.98 Å². The molecule has 0 saturated carbocycles. The van der Waals surface area contributed by atoms with Crippen LogP contribution in [0.2, 0.25) is 0 Å². The van der Waals surface area contributed by atoms with E-state index in [1.165, 1.54) is 11.1 Å². The lowest BCUT2D eigenvalue weighted by Crippen LogP contribution is -1.82. The van der Waals surface area contributed by atoms with Gasteiger partial charge >= 0.3 is 0 Å². The van der Waals surface area contributed by atoms with Crippen molar-refractivity contribution in [2.45, 2.75) is 0 Å². The monoisotopic (exact) mass is 347 g/mol. The Labute approximate surface area is 157 Å². The van der Waals surface area contributed by atoms with Crippen molar-refractivity contribution in [3.8, 4) is 33.7 Å². The molecule has 0 atom stereocenters. The molecule has 0 N–H and O–H groups in total. The summed E-state index contributed by atoms with van der Waals surface area (Å²) in [4.78, 5) is 4.45. The van der Waals surface area contributed by atoms with Gasteiger partial charge in [-0.25, -0.2) is 0 Å². The minimum Gasteiger partial charge on any atom is -0.456 e. The second-order valence-corrected chi connectivity index (χ2v) is 6.49. The van der Waals surface area contributed by atoms with Gasteiger partial charge in [0, 0.05) is 22.7 Å². The molecule has 5 rings (SSSR count). The Morgan fingerprint density at radius 2 is 1.37 bits per heavy atom. The van der Waals surface area contributed by atoms with Crippen LogP contribution in [0.15, 0.2) is 108 Å². The lowest BCUT2D eigenvalue weighted by Gasteiger charge is -2.02. The van der Waals surface area contributed by atoms with E-state index in [0.29, 0.717) is 0 Å². The first kappa shape index (κ1) is 15.6. The van der Waals surface area contributed by atoms with Gasteiger partial charge in [-0.2, -0.15) is 0 Å². The maximum Gasteiger partial charge on any atom is 0.135 e. The average molecular weight is 347 g/mol. The van der Waals surface area contributed by atoms with Crippen molar-refractivity contribution in [1.29, 1.82) is 0 Å². The topological polar surface area (TPSA) is 26.0 Å². The van der Waals surface area contributed by atoms with E-state index in [1.54, 1.807) is 0 Å². The standard InChI is InChI=1S/C25H17NO/c1-2-8-18(9-3-1)21-12-7-14-24-22(21)17-25(27-24)20-11-6-10-19(16-20)23-13-4-5-15-26-23/h1-17H. The number of hydrogen-bond acceptors (Lipinski definition) is 2. The predicted octanol–water partition coefficient (Wildman–Crippen LogP) is 6.83. The van der Waals surface area contributed by atoms with E-state index >= 15 is 0 Å². The third kappa shape index (κ3) is 2.91. The summed E-state index contributed by atoms with van der Waals surface area (Å²) in [5.41, 5.74) is 6.36. The van der Waals surface area contributed by atoms with E-state index in [4.69, 9.17) is 4.42 Å². The quantitative estimate of drug-likeness (QED) is 0.357. The van der Waals surface area contributed by atoms with E-state index in [1.807, 2.05) is 48.7 Å². The fourth-order valence-electron chi connectivity index (χ4n) is 3.44. The Morgan fingerprint density at radius 3 is 2.22 bits per heavy atom. The molecule has 3 aromatic carbocycles. The SMILES string of the molecule is c1ccc(-c2cccc3oc(-c4cccc(-c5ccccn5)c4)cc23)cc1. The van der Waals surface area contributed by atoms with Gasteiger partial charge in [0.25, 0.3) is 0 Å². The van der Waals surface area contributed by atoms with Gasteiger partial charge in [-0.1, -0.05) is 66.7 Å². The first-order valence-electron chi connectivity index (χ1n) is 8.98. The first-order chi connectivity index (χ1) is 13.4. The van der Waals surface area contributed by atoms with Crippen molar-refractivity contribution in [3.05, 3.63) is 103 Å². The number of nitrogens with zero attached hydrogens (tertiary/aromatic N) is 1. The maximum absolute atomic E-state index is 6.19. The minimum atomic E-state index is 0.867. The summed E-state index contributed by atoms with van der Waals surface area (Å²) in [6.07, 6.45) is 1.81. The van der Waals surface area contributed by atoms with Crippen molar-refractivity contribution in [2.75, 3.05) is 0 Å². The zero-order chi connectivity index (χ0) is 18.1. The van der Waals surface area contributed by atoms with E-state index < -0.39 is 0 Å². The molecular formula is C25H17NO. The van der Waals surface area contributed by atoms with Gasteiger partial charge in [-0.05, 0) is 41.5 Å². The number of fused-ring (bicyclic) bond motifs is 1. The van der Waals surface area contributed by atoms with Crippen molar-refractivity contribution in [3.63, 3.8) is 0 Å². The van der Waals surface area contributed by atoms with E-state index in [-0.39, 0.29) is 0 Å². The van der Waals surface area contributed by atoms with Gasteiger partial charge in [-0.3, -0.25) is 4.98 Å². The highest BCUT2D eigenvalue weighted by atomic mass is 16.3. The molecule has 2 nitrogen and oxygen atoms in total. The van der Waals surface area contributed by atoms with Crippen molar-refractivity contribution >= 4 is 11.0 Å². The molecule has 5 aromatic rings. The fraction of sp³-hybridized carbons (Fsp3) is 0. The van der Waals surface area contributed by atoms with Gasteiger partial charge in [0.1, 0.15) is 11.3 Å². The molecule has 128 valence electrons. The van der Waals surface area contributed by atoms with Crippen LogP contribution in [-0.2, 0) is 0 Å². The van der Waals surface area contributed by atoms with E-state index in [0.717, 1.165) is 33.6 Å². The summed E-state index contributed by atoms with van der Waals surface area (Å²) in [5, 5.41) is 1.13. The summed E-state index contributed by atoms with van der Waals surface area (Å²) in [6, 6.07) is 33.0. The number of aromatic nitrogens is 1. The molecule has 27 heavy (non-hydrogen) atoms. The highest BCUT2D eigenvalue weighted by Gasteiger charge is 2.11. The molecule has 0 aliphatic carbocycles. The highest BCUT2D eigenvalue weighted by Crippen LogP contribution is 2.35. The number of rotatable bonds is 3. The average Bonchev–Trinajstić information content (AvgIpc) is 3.20. The van der Waals surface area contributed by atoms with Crippen LogP contribution in [0.1, 0.15) is 0 Å². The summed E-state index contributed by atoms with van der Waals surface area (Å²) in [5.74, 6) is 0.867. The zero-order valence-corrected chi connectivity index (χ0v) is 14.7. The first-order valence-corrected chi connectivity index (χ1v) is 8.98. The van der Waals surface area contributed by atoms with Crippen LogP contribution in [0.4, 0.5) is 0 Å². The number of furan rings is 1. The number of pyridine rings is 1. The normalized spacial score (nSPS) is 11.0. The maximum atomic E-state index is 6.19. The second kappa shape index (κ2) is 6.58. The molecule has 2 heterocycles. The summed E-state index contributed by atoms with van der Waals surface area (Å²) in [6.45, 7) is 0. The Balaban J connectivity index is 1.63. The van der Waals surface area contributed by atoms with Gasteiger partial charge in [-0.15, -0.1) is 0 Å². The Bertz CT molecular complexity index is 1210. The van der Waals surface area contributed by atoms with Crippen LogP contribution in [0, 0.1) is 0 Å². The second-order valence-electron chi connectivity index (χ2n) is 6.49. The molecular weight excluding hydrogens is 330 g/mol. The predicted molar refractivity (Wildman–Crippen MR) is 110 cm³/mol. The van der Waals surface area contributed by atoms with Crippen LogP contribution < -0.4 is 0 Å². The molecule has 2 aromatic heterocycles. The van der Waals surface area contributed by atoms with Crippen molar-refractivity contribution < 1.29 is 4.42 Å². The van der Waals surface area contributed by atoms with Gasteiger partial charge in [0.15, 0.2) is 0 Å². The zero-order valence-electron chi connectivity index (χ0n) is 14.7. The van der Waals surface area contributed by atoms with Gasteiger partial charge in [0.05, 0.1) is 5.69 Å². The highest BCUT2D eigenvalue weighted by molar-refractivity contribution is 5.96. The third-order valence-electron chi connectivity index (χ3n) is 4.75. The fourth-order valence-corrected chi connectivity index (χ4v) is 3.44. The van der Waals surface area contributed by atoms with Gasteiger partial charge < -0.3 is 4.42 Å². The Hall–Kier alpha value is -3.65. The lowest BCUT2D eigenvalue weighted by molar-refractivity contribution is 0.631. The van der Waals surface area contributed by atoms with Crippen LogP contribution in [0.5, 0.6) is 0 Å². The smallest absolute Gasteiger partial charge is 0.135 e.